The van der Waals surface area contributed by atoms with Gasteiger partial charge in [0.1, 0.15) is 5.82 Å². The highest BCUT2D eigenvalue weighted by Gasteiger charge is 2.31. The predicted molar refractivity (Wildman–Crippen MR) is 96.5 cm³/mol. The zero-order chi connectivity index (χ0) is 15.0. The molecular weight excluding hydrogens is 340 g/mol. The molecular formula is C16H24Cl2FN3O. The van der Waals surface area contributed by atoms with E-state index in [1.54, 1.807) is 11.0 Å². The first-order chi connectivity index (χ1) is 10.1. The standard InChI is InChI=1S/C16H22FN3O.2ClH/c1-19-7-8-20(14-6-5-12(17)10-15(14)19)16(21)9-11-3-2-4-13(11)18;;/h5-6,10-11,13H,2-4,7-9,18H2,1H3;2*1H/t11-,13+;;/m0../s1. The summed E-state index contributed by atoms with van der Waals surface area (Å²) in [7, 11) is 1.92. The Labute approximate surface area is 149 Å². The van der Waals surface area contributed by atoms with Gasteiger partial charge in [-0.3, -0.25) is 4.79 Å². The summed E-state index contributed by atoms with van der Waals surface area (Å²) >= 11 is 0. The Morgan fingerprint density at radius 3 is 2.65 bits per heavy atom. The normalized spacial score (nSPS) is 22.9. The molecule has 0 radical (unpaired) electrons. The van der Waals surface area contributed by atoms with Crippen molar-refractivity contribution in [1.29, 1.82) is 0 Å². The second-order valence-electron chi connectivity index (χ2n) is 6.16. The maximum Gasteiger partial charge on any atom is 0.227 e. The second-order valence-corrected chi connectivity index (χ2v) is 6.16. The number of fused-ring (bicyclic) bond motifs is 1. The number of amides is 1. The number of rotatable bonds is 2. The summed E-state index contributed by atoms with van der Waals surface area (Å²) in [5.41, 5.74) is 7.65. The number of hydrogen-bond donors (Lipinski definition) is 1. The summed E-state index contributed by atoms with van der Waals surface area (Å²) in [6, 6.07) is 4.76. The van der Waals surface area contributed by atoms with E-state index < -0.39 is 0 Å². The Kier molecular flexibility index (Phi) is 7.11. The first-order valence-corrected chi connectivity index (χ1v) is 7.63. The van der Waals surface area contributed by atoms with Crippen LogP contribution in [0.2, 0.25) is 0 Å². The molecule has 0 saturated heterocycles. The highest BCUT2D eigenvalue weighted by atomic mass is 35.5. The van der Waals surface area contributed by atoms with E-state index in [-0.39, 0.29) is 42.6 Å². The van der Waals surface area contributed by atoms with E-state index in [9.17, 15) is 9.18 Å². The molecule has 3 rings (SSSR count). The highest BCUT2D eigenvalue weighted by molar-refractivity contribution is 5.98. The van der Waals surface area contributed by atoms with Crippen LogP contribution < -0.4 is 15.5 Å². The quantitative estimate of drug-likeness (QED) is 0.878. The van der Waals surface area contributed by atoms with Gasteiger partial charge >= 0.3 is 0 Å². The molecule has 1 aromatic rings. The van der Waals surface area contributed by atoms with Crippen LogP contribution in [0.3, 0.4) is 0 Å². The molecule has 0 bridgehead atoms. The smallest absolute Gasteiger partial charge is 0.227 e. The van der Waals surface area contributed by atoms with Crippen molar-refractivity contribution < 1.29 is 9.18 Å². The fraction of sp³-hybridized carbons (Fsp3) is 0.562. The van der Waals surface area contributed by atoms with Crippen molar-refractivity contribution in [1.82, 2.24) is 0 Å². The van der Waals surface area contributed by atoms with Gasteiger partial charge < -0.3 is 15.5 Å². The highest BCUT2D eigenvalue weighted by Crippen LogP contribution is 2.35. The first-order valence-electron chi connectivity index (χ1n) is 7.63. The molecule has 1 heterocycles. The van der Waals surface area contributed by atoms with Crippen LogP contribution in [0.15, 0.2) is 18.2 Å². The molecule has 1 aliphatic carbocycles. The molecule has 2 aliphatic rings. The molecule has 0 unspecified atom stereocenters. The average Bonchev–Trinajstić information content (AvgIpc) is 2.85. The summed E-state index contributed by atoms with van der Waals surface area (Å²) in [5, 5.41) is 0. The molecule has 130 valence electrons. The Morgan fingerprint density at radius 2 is 2.00 bits per heavy atom. The molecule has 4 nitrogen and oxygen atoms in total. The van der Waals surface area contributed by atoms with Crippen LogP contribution in [0, 0.1) is 11.7 Å². The van der Waals surface area contributed by atoms with E-state index in [1.165, 1.54) is 12.1 Å². The molecule has 2 N–H and O–H groups in total. The van der Waals surface area contributed by atoms with Crippen LogP contribution in [0.25, 0.3) is 0 Å². The number of carbonyl (C=O) groups is 1. The summed E-state index contributed by atoms with van der Waals surface area (Å²) in [6.45, 7) is 1.37. The minimum Gasteiger partial charge on any atom is -0.371 e. The lowest BCUT2D eigenvalue weighted by atomic mass is 9.99. The van der Waals surface area contributed by atoms with Crippen molar-refractivity contribution in [3.05, 3.63) is 24.0 Å². The minimum absolute atomic E-state index is 0. The topological polar surface area (TPSA) is 49.6 Å². The number of likely N-dealkylation sites (N-methyl/N-ethyl adjacent to an activating group) is 1. The van der Waals surface area contributed by atoms with Crippen molar-refractivity contribution in [2.45, 2.75) is 31.7 Å². The van der Waals surface area contributed by atoms with Crippen LogP contribution in [0.5, 0.6) is 0 Å². The number of halogens is 3. The summed E-state index contributed by atoms with van der Waals surface area (Å²) in [4.78, 5) is 16.4. The molecule has 1 saturated carbocycles. The Morgan fingerprint density at radius 1 is 1.26 bits per heavy atom. The van der Waals surface area contributed by atoms with Crippen LogP contribution in [-0.4, -0.2) is 32.1 Å². The molecule has 1 aromatic carbocycles. The van der Waals surface area contributed by atoms with Crippen molar-refractivity contribution in [3.8, 4) is 0 Å². The molecule has 23 heavy (non-hydrogen) atoms. The summed E-state index contributed by atoms with van der Waals surface area (Å²) in [5.74, 6) is 0.132. The monoisotopic (exact) mass is 363 g/mol. The number of nitrogens with zero attached hydrogens (tertiary/aromatic N) is 2. The fourth-order valence-corrected chi connectivity index (χ4v) is 3.43. The molecule has 2 atom stereocenters. The van der Waals surface area contributed by atoms with Crippen molar-refractivity contribution in [3.63, 3.8) is 0 Å². The largest absolute Gasteiger partial charge is 0.371 e. The number of nitrogens with two attached hydrogens (primary N) is 1. The SMILES string of the molecule is CN1CCN(C(=O)C[C@@H]2CCC[C@H]2N)c2ccc(F)cc21.Cl.Cl. The van der Waals surface area contributed by atoms with E-state index in [0.717, 1.165) is 37.2 Å². The van der Waals surface area contributed by atoms with E-state index in [4.69, 9.17) is 5.73 Å². The van der Waals surface area contributed by atoms with E-state index >= 15 is 0 Å². The first kappa shape index (κ1) is 20.0. The lowest BCUT2D eigenvalue weighted by molar-refractivity contribution is -0.119. The summed E-state index contributed by atoms with van der Waals surface area (Å²) in [6.07, 6.45) is 3.67. The number of anilines is 2. The molecule has 1 aliphatic heterocycles. The molecule has 0 aromatic heterocycles. The average molecular weight is 364 g/mol. The van der Waals surface area contributed by atoms with Gasteiger partial charge in [-0.1, -0.05) is 6.42 Å². The van der Waals surface area contributed by atoms with Crippen molar-refractivity contribution >= 4 is 42.1 Å². The maximum atomic E-state index is 13.4. The Balaban J connectivity index is 0.00000132. The zero-order valence-corrected chi connectivity index (χ0v) is 14.8. The lowest BCUT2D eigenvalue weighted by Gasteiger charge is -2.36. The minimum atomic E-state index is -0.271. The lowest BCUT2D eigenvalue weighted by Crippen LogP contribution is -2.44. The Bertz CT molecular complexity index is 558. The number of benzene rings is 1. The van der Waals surface area contributed by atoms with E-state index in [2.05, 4.69) is 0 Å². The maximum absolute atomic E-state index is 13.4. The van der Waals surface area contributed by atoms with Crippen LogP contribution >= 0.6 is 24.8 Å². The zero-order valence-electron chi connectivity index (χ0n) is 13.2. The van der Waals surface area contributed by atoms with Crippen LogP contribution in [0.4, 0.5) is 15.8 Å². The predicted octanol–water partition coefficient (Wildman–Crippen LogP) is 2.97. The fourth-order valence-electron chi connectivity index (χ4n) is 3.43. The van der Waals surface area contributed by atoms with Gasteiger partial charge in [0.15, 0.2) is 0 Å². The van der Waals surface area contributed by atoms with Gasteiger partial charge in [0.2, 0.25) is 5.91 Å². The van der Waals surface area contributed by atoms with Gasteiger partial charge in [-0.2, -0.15) is 0 Å². The molecule has 1 fully saturated rings. The van der Waals surface area contributed by atoms with Gasteiger partial charge in [-0.05, 0) is 37.0 Å². The van der Waals surface area contributed by atoms with E-state index in [1.807, 2.05) is 11.9 Å². The third kappa shape index (κ3) is 4.08. The van der Waals surface area contributed by atoms with E-state index in [0.29, 0.717) is 18.9 Å². The van der Waals surface area contributed by atoms with Gasteiger partial charge in [0, 0.05) is 32.6 Å². The molecule has 7 heteroatoms. The van der Waals surface area contributed by atoms with Gasteiger partial charge in [0.05, 0.1) is 11.4 Å². The summed E-state index contributed by atoms with van der Waals surface area (Å²) < 4.78 is 13.4. The van der Waals surface area contributed by atoms with Gasteiger partial charge in [-0.25, -0.2) is 4.39 Å². The Hall–Kier alpha value is -1.04. The third-order valence-corrected chi connectivity index (χ3v) is 4.75. The van der Waals surface area contributed by atoms with Crippen molar-refractivity contribution in [2.75, 3.05) is 29.9 Å². The number of hydrogen-bond acceptors (Lipinski definition) is 3. The van der Waals surface area contributed by atoms with Gasteiger partial charge in [-0.15, -0.1) is 24.8 Å². The van der Waals surface area contributed by atoms with Crippen molar-refractivity contribution in [2.24, 2.45) is 11.7 Å². The number of carbonyl (C=O) groups excluding carboxylic acids is 1. The second kappa shape index (κ2) is 8.18. The molecule has 0 spiro atoms. The van der Waals surface area contributed by atoms with Gasteiger partial charge in [0.25, 0.3) is 0 Å². The van der Waals surface area contributed by atoms with Crippen LogP contribution in [0.1, 0.15) is 25.7 Å². The third-order valence-electron chi connectivity index (χ3n) is 4.75. The van der Waals surface area contributed by atoms with Crippen LogP contribution in [-0.2, 0) is 4.79 Å². The molecule has 1 amide bonds.